The maximum Gasteiger partial charge on any atom is 0.248 e. The first-order valence-corrected chi connectivity index (χ1v) is 5.77. The number of benzene rings is 1. The minimum absolute atomic E-state index is 0.0471. The molecule has 3 N–H and O–H groups in total. The molecule has 2 aromatic rings. The maximum absolute atomic E-state index is 11.5. The van der Waals surface area contributed by atoms with Gasteiger partial charge < -0.3 is 15.6 Å². The van der Waals surface area contributed by atoms with Gasteiger partial charge in [-0.3, -0.25) is 4.79 Å². The van der Waals surface area contributed by atoms with Crippen LogP contribution in [0.1, 0.15) is 5.56 Å². The molecule has 4 heteroatoms. The Morgan fingerprint density at radius 2 is 2.06 bits per heavy atom. The van der Waals surface area contributed by atoms with E-state index in [9.17, 15) is 4.79 Å². The minimum Gasteiger partial charge on any atom is -0.322 e. The van der Waals surface area contributed by atoms with Crippen molar-refractivity contribution < 1.29 is 0 Å². The largest absolute Gasteiger partial charge is 0.322 e. The standard InChI is InChI=1S/C13H17N3O/c1-14-6-7-15-9-10-8-13(17)16-12-5-3-2-4-11(10)12/h2-5,8,14-15H,6-7,9H2,1H3,(H,16,17). The lowest BCUT2D eigenvalue weighted by Gasteiger charge is -2.07. The fourth-order valence-electron chi connectivity index (χ4n) is 1.86. The molecule has 0 unspecified atom stereocenters. The number of hydrogen-bond acceptors (Lipinski definition) is 3. The van der Waals surface area contributed by atoms with Crippen LogP contribution in [0.15, 0.2) is 35.1 Å². The predicted octanol–water partition coefficient (Wildman–Crippen LogP) is 0.837. The van der Waals surface area contributed by atoms with Crippen molar-refractivity contribution in [3.8, 4) is 0 Å². The monoisotopic (exact) mass is 231 g/mol. The zero-order valence-corrected chi connectivity index (χ0v) is 9.92. The fourth-order valence-corrected chi connectivity index (χ4v) is 1.86. The SMILES string of the molecule is CNCCNCc1cc(=O)[nH]c2ccccc12. The van der Waals surface area contributed by atoms with Gasteiger partial charge in [-0.2, -0.15) is 0 Å². The van der Waals surface area contributed by atoms with Crippen molar-refractivity contribution >= 4 is 10.9 Å². The van der Waals surface area contributed by atoms with Gasteiger partial charge in [0.25, 0.3) is 0 Å². The Bertz CT molecular complexity index is 548. The summed E-state index contributed by atoms with van der Waals surface area (Å²) in [7, 11) is 1.92. The summed E-state index contributed by atoms with van der Waals surface area (Å²) in [5.74, 6) is 0. The molecule has 90 valence electrons. The number of likely N-dealkylation sites (N-methyl/N-ethyl adjacent to an activating group) is 1. The second-order valence-electron chi connectivity index (χ2n) is 3.98. The Hall–Kier alpha value is -1.65. The van der Waals surface area contributed by atoms with Crippen molar-refractivity contribution in [3.63, 3.8) is 0 Å². The highest BCUT2D eigenvalue weighted by Gasteiger charge is 2.01. The summed E-state index contributed by atoms with van der Waals surface area (Å²) in [6.07, 6.45) is 0. The number of aromatic nitrogens is 1. The third-order valence-electron chi connectivity index (χ3n) is 2.70. The molecule has 0 fully saturated rings. The molecule has 17 heavy (non-hydrogen) atoms. The van der Waals surface area contributed by atoms with Crippen LogP contribution in [0.2, 0.25) is 0 Å². The van der Waals surface area contributed by atoms with Gasteiger partial charge in [-0.05, 0) is 18.7 Å². The Morgan fingerprint density at radius 3 is 2.88 bits per heavy atom. The number of fused-ring (bicyclic) bond motifs is 1. The van der Waals surface area contributed by atoms with E-state index in [1.54, 1.807) is 6.07 Å². The molecule has 4 nitrogen and oxygen atoms in total. The van der Waals surface area contributed by atoms with E-state index >= 15 is 0 Å². The van der Waals surface area contributed by atoms with Crippen LogP contribution in [0, 0.1) is 0 Å². The maximum atomic E-state index is 11.5. The number of para-hydroxylation sites is 1. The smallest absolute Gasteiger partial charge is 0.248 e. The first-order valence-electron chi connectivity index (χ1n) is 5.77. The van der Waals surface area contributed by atoms with Crippen molar-refractivity contribution in [3.05, 3.63) is 46.2 Å². The Balaban J connectivity index is 2.23. The van der Waals surface area contributed by atoms with Gasteiger partial charge in [0.15, 0.2) is 0 Å². The normalized spacial score (nSPS) is 10.9. The van der Waals surface area contributed by atoms with Gasteiger partial charge in [-0.1, -0.05) is 18.2 Å². The van der Waals surface area contributed by atoms with Crippen molar-refractivity contribution in [1.82, 2.24) is 15.6 Å². The van der Waals surface area contributed by atoms with Gasteiger partial charge in [0.1, 0.15) is 0 Å². The van der Waals surface area contributed by atoms with E-state index in [1.807, 2.05) is 31.3 Å². The topological polar surface area (TPSA) is 56.9 Å². The summed E-state index contributed by atoms with van der Waals surface area (Å²) in [5.41, 5.74) is 1.89. The van der Waals surface area contributed by atoms with Crippen LogP contribution in [0.3, 0.4) is 0 Å². The van der Waals surface area contributed by atoms with Crippen LogP contribution >= 0.6 is 0 Å². The molecule has 1 aromatic heterocycles. The van der Waals surface area contributed by atoms with Gasteiger partial charge >= 0.3 is 0 Å². The van der Waals surface area contributed by atoms with E-state index < -0.39 is 0 Å². The molecule has 0 saturated heterocycles. The number of H-pyrrole nitrogens is 1. The molecular weight excluding hydrogens is 214 g/mol. The van der Waals surface area contributed by atoms with E-state index in [2.05, 4.69) is 15.6 Å². The molecule has 0 aliphatic heterocycles. The Kier molecular flexibility index (Phi) is 3.90. The Labute approximate surface area is 100 Å². The summed E-state index contributed by atoms with van der Waals surface area (Å²) in [5, 5.41) is 7.48. The molecule has 2 rings (SSSR count). The predicted molar refractivity (Wildman–Crippen MR) is 70.2 cm³/mol. The van der Waals surface area contributed by atoms with E-state index in [4.69, 9.17) is 0 Å². The van der Waals surface area contributed by atoms with Gasteiger partial charge in [-0.25, -0.2) is 0 Å². The Morgan fingerprint density at radius 1 is 1.24 bits per heavy atom. The highest BCUT2D eigenvalue weighted by Crippen LogP contribution is 2.13. The molecular formula is C13H17N3O. The zero-order valence-electron chi connectivity index (χ0n) is 9.92. The van der Waals surface area contributed by atoms with E-state index in [1.165, 1.54) is 0 Å². The summed E-state index contributed by atoms with van der Waals surface area (Å²) < 4.78 is 0. The molecule has 0 amide bonds. The average molecular weight is 231 g/mol. The van der Waals surface area contributed by atoms with Crippen LogP contribution in [-0.2, 0) is 6.54 Å². The number of aromatic amines is 1. The molecule has 0 aliphatic rings. The number of pyridine rings is 1. The molecule has 1 aromatic carbocycles. The van der Waals surface area contributed by atoms with Crippen molar-refractivity contribution in [2.24, 2.45) is 0 Å². The van der Waals surface area contributed by atoms with E-state index in [0.29, 0.717) is 6.54 Å². The first kappa shape index (κ1) is 11.8. The van der Waals surface area contributed by atoms with Crippen molar-refractivity contribution in [2.45, 2.75) is 6.54 Å². The van der Waals surface area contributed by atoms with Gasteiger partial charge in [0.05, 0.1) is 0 Å². The van der Waals surface area contributed by atoms with Crippen molar-refractivity contribution in [1.29, 1.82) is 0 Å². The summed E-state index contributed by atoms with van der Waals surface area (Å²) in [6, 6.07) is 9.52. The number of nitrogens with one attached hydrogen (secondary N) is 3. The van der Waals surface area contributed by atoms with Gasteiger partial charge in [0.2, 0.25) is 5.56 Å². The highest BCUT2D eigenvalue weighted by molar-refractivity contribution is 5.81. The molecule has 0 bridgehead atoms. The van der Waals surface area contributed by atoms with Crippen LogP contribution in [0.4, 0.5) is 0 Å². The number of hydrogen-bond donors (Lipinski definition) is 3. The van der Waals surface area contributed by atoms with Gasteiger partial charge in [0, 0.05) is 36.6 Å². The van der Waals surface area contributed by atoms with Crippen molar-refractivity contribution in [2.75, 3.05) is 20.1 Å². The molecule has 1 heterocycles. The lowest BCUT2D eigenvalue weighted by atomic mass is 10.1. The van der Waals surface area contributed by atoms with Crippen LogP contribution < -0.4 is 16.2 Å². The molecule has 0 spiro atoms. The lowest BCUT2D eigenvalue weighted by molar-refractivity contribution is 0.652. The first-order chi connectivity index (χ1) is 8.31. The molecule has 0 aliphatic carbocycles. The second-order valence-corrected chi connectivity index (χ2v) is 3.98. The average Bonchev–Trinajstić information content (AvgIpc) is 2.34. The van der Waals surface area contributed by atoms with E-state index in [-0.39, 0.29) is 5.56 Å². The summed E-state index contributed by atoms with van der Waals surface area (Å²) >= 11 is 0. The molecule has 0 saturated carbocycles. The zero-order chi connectivity index (χ0) is 12.1. The minimum atomic E-state index is -0.0471. The van der Waals surface area contributed by atoms with Crippen LogP contribution in [0.25, 0.3) is 10.9 Å². The number of rotatable bonds is 5. The van der Waals surface area contributed by atoms with Gasteiger partial charge in [-0.15, -0.1) is 0 Å². The highest BCUT2D eigenvalue weighted by atomic mass is 16.1. The molecule has 0 atom stereocenters. The quantitative estimate of drug-likeness (QED) is 0.668. The summed E-state index contributed by atoms with van der Waals surface area (Å²) in [6.45, 7) is 2.52. The lowest BCUT2D eigenvalue weighted by Crippen LogP contribution is -2.25. The second kappa shape index (κ2) is 5.61. The third kappa shape index (κ3) is 2.93. The molecule has 0 radical (unpaired) electrons. The van der Waals surface area contributed by atoms with E-state index in [0.717, 1.165) is 29.6 Å². The van der Waals surface area contributed by atoms with Crippen LogP contribution in [0.5, 0.6) is 0 Å². The fraction of sp³-hybridized carbons (Fsp3) is 0.308. The van der Waals surface area contributed by atoms with Crippen LogP contribution in [-0.4, -0.2) is 25.1 Å². The summed E-state index contributed by atoms with van der Waals surface area (Å²) in [4.78, 5) is 14.3. The third-order valence-corrected chi connectivity index (χ3v) is 2.70.